The van der Waals surface area contributed by atoms with Crippen LogP contribution in [0.25, 0.3) is 0 Å². The molecule has 0 aromatic heterocycles. The number of amides is 1. The van der Waals surface area contributed by atoms with E-state index < -0.39 is 16.8 Å². The summed E-state index contributed by atoms with van der Waals surface area (Å²) in [6.07, 6.45) is 4.23. The third kappa shape index (κ3) is 6.33. The fourth-order valence-electron chi connectivity index (χ4n) is 2.14. The number of benzene rings is 1. The number of unbranched alkanes of at least 4 members (excludes halogenated alkanes) is 4. The highest BCUT2D eigenvalue weighted by atomic mass is 16.6. The topological polar surface area (TPSA) is 136 Å². The quantitative estimate of drug-likeness (QED) is 0.262. The van der Waals surface area contributed by atoms with Crippen LogP contribution < -0.4 is 11.1 Å². The first-order valence-electron chi connectivity index (χ1n) is 7.46. The van der Waals surface area contributed by atoms with Gasteiger partial charge in [0, 0.05) is 19.0 Å². The van der Waals surface area contributed by atoms with Crippen molar-refractivity contribution < 1.29 is 19.6 Å². The zero-order chi connectivity index (χ0) is 17.2. The molecule has 0 spiro atoms. The number of anilines is 1. The molecule has 0 aliphatic carbocycles. The third-order valence-electron chi connectivity index (χ3n) is 3.38. The number of carboxylic acid groups (broad SMARTS) is 1. The molecule has 0 saturated heterocycles. The van der Waals surface area contributed by atoms with Crippen molar-refractivity contribution in [1.29, 1.82) is 0 Å². The summed E-state index contributed by atoms with van der Waals surface area (Å²) in [7, 11) is 0. The van der Waals surface area contributed by atoms with E-state index >= 15 is 0 Å². The number of hydrogen-bond donors (Lipinski definition) is 3. The van der Waals surface area contributed by atoms with Crippen LogP contribution in [0.4, 0.5) is 11.4 Å². The van der Waals surface area contributed by atoms with Crippen LogP contribution in [0.1, 0.15) is 48.9 Å². The molecular weight excluding hydrogens is 302 g/mol. The molecule has 0 aliphatic rings. The van der Waals surface area contributed by atoms with E-state index in [0.29, 0.717) is 13.0 Å². The number of nitro groups is 1. The van der Waals surface area contributed by atoms with Gasteiger partial charge >= 0.3 is 5.97 Å². The van der Waals surface area contributed by atoms with Crippen molar-refractivity contribution in [3.63, 3.8) is 0 Å². The van der Waals surface area contributed by atoms with Gasteiger partial charge < -0.3 is 16.2 Å². The number of hydrogen-bond acceptors (Lipinski definition) is 5. The Bertz CT molecular complexity index is 574. The predicted molar refractivity (Wildman–Crippen MR) is 85.2 cm³/mol. The van der Waals surface area contributed by atoms with Crippen molar-refractivity contribution in [3.05, 3.63) is 33.9 Å². The van der Waals surface area contributed by atoms with Gasteiger partial charge in [0.1, 0.15) is 5.69 Å². The van der Waals surface area contributed by atoms with Gasteiger partial charge in [-0.25, -0.2) is 0 Å². The second kappa shape index (κ2) is 9.39. The van der Waals surface area contributed by atoms with Gasteiger partial charge in [-0.05, 0) is 18.9 Å². The number of carbonyl (C=O) groups excluding carboxylic acids is 1. The Morgan fingerprint density at radius 3 is 2.48 bits per heavy atom. The molecule has 0 atom stereocenters. The molecule has 0 aliphatic heterocycles. The first-order valence-corrected chi connectivity index (χ1v) is 7.46. The second-order valence-corrected chi connectivity index (χ2v) is 5.16. The molecule has 126 valence electrons. The lowest BCUT2D eigenvalue weighted by Gasteiger charge is -2.07. The standard InChI is InChI=1S/C15H21N3O5/c16-14-11(7-6-8-12(14)18(22)23)15(21)17-10-5-3-1-2-4-9-13(19)20/h6-8H,1-5,9-10,16H2,(H,17,21)(H,19,20). The molecule has 4 N–H and O–H groups in total. The smallest absolute Gasteiger partial charge is 0.303 e. The molecule has 0 unspecified atom stereocenters. The summed E-state index contributed by atoms with van der Waals surface area (Å²) in [6.45, 7) is 0.444. The fraction of sp³-hybridized carbons (Fsp3) is 0.467. The zero-order valence-electron chi connectivity index (χ0n) is 12.8. The number of nitrogens with one attached hydrogen (secondary N) is 1. The third-order valence-corrected chi connectivity index (χ3v) is 3.38. The number of nitrogens with zero attached hydrogens (tertiary/aromatic N) is 1. The van der Waals surface area contributed by atoms with E-state index in [4.69, 9.17) is 10.8 Å². The number of nitrogen functional groups attached to an aromatic ring is 1. The highest BCUT2D eigenvalue weighted by Crippen LogP contribution is 2.24. The van der Waals surface area contributed by atoms with Crippen LogP contribution in [-0.2, 0) is 4.79 Å². The molecule has 8 nitrogen and oxygen atoms in total. The average molecular weight is 323 g/mol. The maximum Gasteiger partial charge on any atom is 0.303 e. The lowest BCUT2D eigenvalue weighted by Crippen LogP contribution is -2.25. The Labute approximate surface area is 133 Å². The Kier molecular flexibility index (Phi) is 7.52. The van der Waals surface area contributed by atoms with Crippen molar-refractivity contribution in [1.82, 2.24) is 5.32 Å². The Balaban J connectivity index is 2.31. The van der Waals surface area contributed by atoms with E-state index in [1.54, 1.807) is 0 Å². The molecule has 0 fully saturated rings. The summed E-state index contributed by atoms with van der Waals surface area (Å²) in [6, 6.07) is 4.12. The highest BCUT2D eigenvalue weighted by molar-refractivity contribution is 6.00. The predicted octanol–water partition coefficient (Wildman–Crippen LogP) is 2.33. The molecule has 23 heavy (non-hydrogen) atoms. The minimum absolute atomic E-state index is 0.0978. The van der Waals surface area contributed by atoms with Gasteiger partial charge in [0.2, 0.25) is 0 Å². The van der Waals surface area contributed by atoms with Crippen molar-refractivity contribution >= 4 is 23.3 Å². The first-order chi connectivity index (χ1) is 10.9. The molecule has 0 radical (unpaired) electrons. The minimum Gasteiger partial charge on any atom is -0.481 e. The van der Waals surface area contributed by atoms with Crippen LogP contribution in [-0.4, -0.2) is 28.5 Å². The fourth-order valence-corrected chi connectivity index (χ4v) is 2.14. The maximum absolute atomic E-state index is 12.0. The van der Waals surface area contributed by atoms with Gasteiger partial charge in [-0.1, -0.05) is 25.3 Å². The summed E-state index contributed by atoms with van der Waals surface area (Å²) in [5.74, 6) is -1.22. The largest absolute Gasteiger partial charge is 0.481 e. The number of aliphatic carboxylic acids is 1. The molecule has 1 aromatic rings. The summed E-state index contributed by atoms with van der Waals surface area (Å²) in [5.41, 5.74) is 5.33. The Morgan fingerprint density at radius 2 is 1.83 bits per heavy atom. The van der Waals surface area contributed by atoms with Crippen LogP contribution >= 0.6 is 0 Å². The van der Waals surface area contributed by atoms with Crippen molar-refractivity contribution in [2.24, 2.45) is 0 Å². The number of rotatable bonds is 10. The van der Waals surface area contributed by atoms with Crippen molar-refractivity contribution in [2.75, 3.05) is 12.3 Å². The number of nitro benzene ring substituents is 1. The van der Waals surface area contributed by atoms with Gasteiger partial charge in [0.25, 0.3) is 11.6 Å². The van der Waals surface area contributed by atoms with Crippen LogP contribution in [0.5, 0.6) is 0 Å². The Morgan fingerprint density at radius 1 is 1.17 bits per heavy atom. The van der Waals surface area contributed by atoms with E-state index in [1.807, 2.05) is 0 Å². The monoisotopic (exact) mass is 323 g/mol. The van der Waals surface area contributed by atoms with E-state index in [0.717, 1.165) is 25.7 Å². The van der Waals surface area contributed by atoms with Gasteiger partial charge in [0.15, 0.2) is 0 Å². The molecule has 8 heteroatoms. The summed E-state index contributed by atoms with van der Waals surface area (Å²) < 4.78 is 0. The SMILES string of the molecule is Nc1c(C(=O)NCCCCCCCC(=O)O)cccc1[N+](=O)[O-]. The molecular formula is C15H21N3O5. The average Bonchev–Trinajstić information content (AvgIpc) is 2.49. The van der Waals surface area contributed by atoms with Crippen LogP contribution in [0.2, 0.25) is 0 Å². The molecule has 0 saturated carbocycles. The number of nitrogens with two attached hydrogens (primary N) is 1. The number of para-hydroxylation sites is 1. The van der Waals surface area contributed by atoms with Crippen LogP contribution in [0, 0.1) is 10.1 Å². The van der Waals surface area contributed by atoms with Crippen molar-refractivity contribution in [2.45, 2.75) is 38.5 Å². The van der Waals surface area contributed by atoms with Gasteiger partial charge in [-0.15, -0.1) is 0 Å². The van der Waals surface area contributed by atoms with Crippen LogP contribution in [0.15, 0.2) is 18.2 Å². The van der Waals surface area contributed by atoms with Crippen molar-refractivity contribution in [3.8, 4) is 0 Å². The van der Waals surface area contributed by atoms with Gasteiger partial charge in [-0.3, -0.25) is 19.7 Å². The van der Waals surface area contributed by atoms with Gasteiger partial charge in [0.05, 0.1) is 10.5 Å². The number of carboxylic acids is 1. The summed E-state index contributed by atoms with van der Waals surface area (Å²) in [4.78, 5) is 32.5. The summed E-state index contributed by atoms with van der Waals surface area (Å²) >= 11 is 0. The maximum atomic E-state index is 12.0. The molecule has 1 aromatic carbocycles. The molecule has 1 rings (SSSR count). The molecule has 0 heterocycles. The van der Waals surface area contributed by atoms with E-state index in [2.05, 4.69) is 5.32 Å². The minimum atomic E-state index is -0.785. The van der Waals surface area contributed by atoms with E-state index in [9.17, 15) is 19.7 Å². The van der Waals surface area contributed by atoms with E-state index in [-0.39, 0.29) is 23.4 Å². The lowest BCUT2D eigenvalue weighted by molar-refractivity contribution is -0.383. The van der Waals surface area contributed by atoms with Gasteiger partial charge in [-0.2, -0.15) is 0 Å². The first kappa shape index (κ1) is 18.4. The second-order valence-electron chi connectivity index (χ2n) is 5.16. The Hall–Kier alpha value is -2.64. The number of carbonyl (C=O) groups is 2. The van der Waals surface area contributed by atoms with E-state index in [1.165, 1.54) is 18.2 Å². The zero-order valence-corrected chi connectivity index (χ0v) is 12.8. The summed E-state index contributed by atoms with van der Waals surface area (Å²) in [5, 5.41) is 22.0. The lowest BCUT2D eigenvalue weighted by atomic mass is 10.1. The molecule has 1 amide bonds. The molecule has 0 bridgehead atoms. The van der Waals surface area contributed by atoms with Crippen LogP contribution in [0.3, 0.4) is 0 Å². The normalized spacial score (nSPS) is 10.3. The highest BCUT2D eigenvalue weighted by Gasteiger charge is 2.18.